The average molecular weight is 239 g/mol. The molecule has 1 aromatic carbocycles. The third kappa shape index (κ3) is 1.70. The Bertz CT molecular complexity index is 490. The molecule has 1 fully saturated rings. The van der Waals surface area contributed by atoms with Gasteiger partial charge in [-0.2, -0.15) is 0 Å². The Balaban J connectivity index is 1.95. The number of hydrogen-bond donors (Lipinski definition) is 1. The maximum absolute atomic E-state index is 6.10. The highest BCUT2D eigenvalue weighted by atomic mass is 35.5. The van der Waals surface area contributed by atoms with E-state index in [0.717, 1.165) is 20.4 Å². The fourth-order valence-electron chi connectivity index (χ4n) is 1.70. The lowest BCUT2D eigenvalue weighted by Gasteiger charge is -2.25. The molecule has 2 nitrogen and oxygen atoms in total. The van der Waals surface area contributed by atoms with Gasteiger partial charge in [0.2, 0.25) is 0 Å². The molecule has 1 saturated carbocycles. The quantitative estimate of drug-likeness (QED) is 0.858. The van der Waals surface area contributed by atoms with Crippen molar-refractivity contribution in [1.29, 1.82) is 0 Å². The summed E-state index contributed by atoms with van der Waals surface area (Å²) in [6, 6.07) is 6.49. The second-order valence-corrected chi connectivity index (χ2v) is 5.29. The zero-order valence-electron chi connectivity index (χ0n) is 8.16. The van der Waals surface area contributed by atoms with Gasteiger partial charge in [0.05, 0.1) is 15.2 Å². The number of rotatable bonds is 2. The Morgan fingerprint density at radius 2 is 2.27 bits per heavy atom. The van der Waals surface area contributed by atoms with Gasteiger partial charge in [-0.15, -0.1) is 0 Å². The molecule has 0 saturated heterocycles. The normalized spacial score (nSPS) is 16.6. The van der Waals surface area contributed by atoms with Gasteiger partial charge < -0.3 is 5.32 Å². The Kier molecular flexibility index (Phi) is 2.29. The van der Waals surface area contributed by atoms with Crippen molar-refractivity contribution in [3.05, 3.63) is 23.2 Å². The number of nitrogens with one attached hydrogen (secondary N) is 1. The summed E-state index contributed by atoms with van der Waals surface area (Å²) < 4.78 is 1.08. The first kappa shape index (κ1) is 9.43. The van der Waals surface area contributed by atoms with Gasteiger partial charge >= 0.3 is 0 Å². The van der Waals surface area contributed by atoms with Crippen molar-refractivity contribution in [2.24, 2.45) is 0 Å². The highest BCUT2D eigenvalue weighted by Crippen LogP contribution is 2.33. The van der Waals surface area contributed by atoms with Crippen LogP contribution in [-0.2, 0) is 0 Å². The van der Waals surface area contributed by atoms with Crippen molar-refractivity contribution in [2.45, 2.75) is 25.3 Å². The van der Waals surface area contributed by atoms with E-state index in [9.17, 15) is 0 Å². The summed E-state index contributed by atoms with van der Waals surface area (Å²) in [5.41, 5.74) is 0.995. The number of thiazole rings is 1. The van der Waals surface area contributed by atoms with Crippen molar-refractivity contribution in [1.82, 2.24) is 4.98 Å². The minimum Gasteiger partial charge on any atom is -0.359 e. The zero-order valence-corrected chi connectivity index (χ0v) is 9.74. The summed E-state index contributed by atoms with van der Waals surface area (Å²) in [5.74, 6) is 0. The second-order valence-electron chi connectivity index (χ2n) is 3.88. The summed E-state index contributed by atoms with van der Waals surface area (Å²) in [4.78, 5) is 4.52. The van der Waals surface area contributed by atoms with Crippen LogP contribution in [0.1, 0.15) is 19.3 Å². The zero-order chi connectivity index (χ0) is 10.3. The molecule has 0 radical (unpaired) electrons. The third-order valence-corrected chi connectivity index (χ3v) is 4.26. The largest absolute Gasteiger partial charge is 0.359 e. The van der Waals surface area contributed by atoms with E-state index in [1.807, 2.05) is 18.2 Å². The SMILES string of the molecule is Clc1cccc2nc(NC3CCC3)sc12. The van der Waals surface area contributed by atoms with E-state index < -0.39 is 0 Å². The maximum Gasteiger partial charge on any atom is 0.184 e. The van der Waals surface area contributed by atoms with Crippen LogP contribution >= 0.6 is 22.9 Å². The van der Waals surface area contributed by atoms with Gasteiger partial charge in [-0.05, 0) is 31.4 Å². The molecular weight excluding hydrogens is 228 g/mol. The Hall–Kier alpha value is -0.800. The van der Waals surface area contributed by atoms with Crippen molar-refractivity contribution in [2.75, 3.05) is 5.32 Å². The fraction of sp³-hybridized carbons (Fsp3) is 0.364. The number of halogens is 1. The van der Waals surface area contributed by atoms with E-state index in [1.54, 1.807) is 11.3 Å². The number of nitrogens with zero attached hydrogens (tertiary/aromatic N) is 1. The summed E-state index contributed by atoms with van der Waals surface area (Å²) in [6.07, 6.45) is 3.87. The van der Waals surface area contributed by atoms with Crippen LogP contribution in [0.4, 0.5) is 5.13 Å². The highest BCUT2D eigenvalue weighted by Gasteiger charge is 2.18. The van der Waals surface area contributed by atoms with Crippen molar-refractivity contribution >= 4 is 38.3 Å². The Labute approximate surface area is 97.3 Å². The van der Waals surface area contributed by atoms with Gasteiger partial charge in [-0.3, -0.25) is 0 Å². The van der Waals surface area contributed by atoms with Gasteiger partial charge in [0.1, 0.15) is 0 Å². The van der Waals surface area contributed by atoms with Crippen LogP contribution in [0.5, 0.6) is 0 Å². The van der Waals surface area contributed by atoms with Crippen LogP contribution in [0, 0.1) is 0 Å². The van der Waals surface area contributed by atoms with Crippen LogP contribution in [-0.4, -0.2) is 11.0 Å². The lowest BCUT2D eigenvalue weighted by molar-refractivity contribution is 0.445. The molecule has 1 aliphatic rings. The molecule has 4 heteroatoms. The van der Waals surface area contributed by atoms with Crippen molar-refractivity contribution in [3.8, 4) is 0 Å². The van der Waals surface area contributed by atoms with Crippen LogP contribution in [0.3, 0.4) is 0 Å². The molecule has 0 atom stereocenters. The molecule has 0 bridgehead atoms. The Morgan fingerprint density at radius 1 is 1.40 bits per heavy atom. The molecule has 78 valence electrons. The first-order valence-electron chi connectivity index (χ1n) is 5.14. The minimum atomic E-state index is 0.629. The molecule has 1 heterocycles. The average Bonchev–Trinajstić information content (AvgIpc) is 2.56. The molecule has 15 heavy (non-hydrogen) atoms. The minimum absolute atomic E-state index is 0.629. The molecule has 0 aliphatic heterocycles. The number of fused-ring (bicyclic) bond motifs is 1. The topological polar surface area (TPSA) is 24.9 Å². The van der Waals surface area contributed by atoms with Gasteiger partial charge in [-0.25, -0.2) is 4.98 Å². The summed E-state index contributed by atoms with van der Waals surface area (Å²) in [7, 11) is 0. The number of aromatic nitrogens is 1. The molecule has 2 aromatic rings. The fourth-order valence-corrected chi connectivity index (χ4v) is 2.94. The van der Waals surface area contributed by atoms with E-state index in [1.165, 1.54) is 19.3 Å². The molecule has 0 unspecified atom stereocenters. The lowest BCUT2D eigenvalue weighted by atomic mass is 9.93. The van der Waals surface area contributed by atoms with Gasteiger partial charge in [0.25, 0.3) is 0 Å². The molecular formula is C11H11ClN2S. The van der Waals surface area contributed by atoms with Crippen LogP contribution < -0.4 is 5.32 Å². The van der Waals surface area contributed by atoms with E-state index in [4.69, 9.17) is 11.6 Å². The summed E-state index contributed by atoms with van der Waals surface area (Å²) >= 11 is 7.74. The molecule has 0 amide bonds. The van der Waals surface area contributed by atoms with E-state index in [0.29, 0.717) is 6.04 Å². The number of hydrogen-bond acceptors (Lipinski definition) is 3. The standard InChI is InChI=1S/C11H11ClN2S/c12-8-5-2-6-9-10(8)15-11(14-9)13-7-3-1-4-7/h2,5-7H,1,3-4H2,(H,13,14). The molecule has 0 spiro atoms. The predicted molar refractivity (Wildman–Crippen MR) is 65.9 cm³/mol. The summed E-state index contributed by atoms with van der Waals surface area (Å²) in [6.45, 7) is 0. The summed E-state index contributed by atoms with van der Waals surface area (Å²) in [5, 5.41) is 5.24. The van der Waals surface area contributed by atoms with Crippen molar-refractivity contribution < 1.29 is 0 Å². The molecule has 1 aliphatic carbocycles. The lowest BCUT2D eigenvalue weighted by Crippen LogP contribution is -2.26. The first-order valence-corrected chi connectivity index (χ1v) is 6.34. The van der Waals surface area contributed by atoms with E-state index in [-0.39, 0.29) is 0 Å². The van der Waals surface area contributed by atoms with Gasteiger partial charge in [0.15, 0.2) is 5.13 Å². The van der Waals surface area contributed by atoms with Crippen LogP contribution in [0.15, 0.2) is 18.2 Å². The highest BCUT2D eigenvalue weighted by molar-refractivity contribution is 7.22. The van der Waals surface area contributed by atoms with E-state index >= 15 is 0 Å². The molecule has 3 rings (SSSR count). The van der Waals surface area contributed by atoms with Crippen molar-refractivity contribution in [3.63, 3.8) is 0 Å². The van der Waals surface area contributed by atoms with Gasteiger partial charge in [0, 0.05) is 6.04 Å². The number of benzene rings is 1. The number of anilines is 1. The molecule has 1 N–H and O–H groups in total. The third-order valence-electron chi connectivity index (χ3n) is 2.80. The van der Waals surface area contributed by atoms with E-state index in [2.05, 4.69) is 10.3 Å². The monoisotopic (exact) mass is 238 g/mol. The smallest absolute Gasteiger partial charge is 0.184 e. The Morgan fingerprint density at radius 3 is 2.93 bits per heavy atom. The van der Waals surface area contributed by atoms with Crippen LogP contribution in [0.2, 0.25) is 5.02 Å². The maximum atomic E-state index is 6.10. The molecule has 1 aromatic heterocycles. The van der Waals surface area contributed by atoms with Gasteiger partial charge in [-0.1, -0.05) is 29.0 Å². The van der Waals surface area contributed by atoms with Crippen LogP contribution in [0.25, 0.3) is 10.2 Å². The predicted octanol–water partition coefficient (Wildman–Crippen LogP) is 3.91. The second kappa shape index (κ2) is 3.65. The first-order chi connectivity index (χ1) is 7.33.